The summed E-state index contributed by atoms with van der Waals surface area (Å²) in [4.78, 5) is 13.5. The van der Waals surface area contributed by atoms with Gasteiger partial charge in [0.05, 0.1) is 22.6 Å². The van der Waals surface area contributed by atoms with Gasteiger partial charge in [0.15, 0.2) is 0 Å². The van der Waals surface area contributed by atoms with E-state index in [0.717, 1.165) is 5.56 Å². The van der Waals surface area contributed by atoms with E-state index < -0.39 is 16.0 Å². The summed E-state index contributed by atoms with van der Waals surface area (Å²) in [6.45, 7) is 0.190. The van der Waals surface area contributed by atoms with Gasteiger partial charge in [-0.3, -0.25) is 0 Å². The van der Waals surface area contributed by atoms with Gasteiger partial charge in [0, 0.05) is 12.6 Å². The number of nitrogens with one attached hydrogen (secondary N) is 1. The second kappa shape index (κ2) is 8.64. The van der Waals surface area contributed by atoms with Crippen LogP contribution in [0.15, 0.2) is 53.4 Å². The van der Waals surface area contributed by atoms with Gasteiger partial charge in [-0.05, 0) is 37.9 Å². The summed E-state index contributed by atoms with van der Waals surface area (Å²) in [6.07, 6.45) is 0. The first kappa shape index (κ1) is 20.4. The number of esters is 1. The lowest BCUT2D eigenvalue weighted by atomic mass is 10.1. The summed E-state index contributed by atoms with van der Waals surface area (Å²) in [7, 11) is 1.22. The van der Waals surface area contributed by atoms with Crippen molar-refractivity contribution < 1.29 is 17.9 Å². The summed E-state index contributed by atoms with van der Waals surface area (Å²) in [6, 6.07) is 13.4. The van der Waals surface area contributed by atoms with Crippen molar-refractivity contribution in [3.63, 3.8) is 0 Å². The van der Waals surface area contributed by atoms with Crippen LogP contribution in [0.5, 0.6) is 0 Å². The van der Waals surface area contributed by atoms with Crippen molar-refractivity contribution in [2.45, 2.75) is 10.9 Å². The molecule has 26 heavy (non-hydrogen) atoms. The molecule has 0 aliphatic rings. The average Bonchev–Trinajstić information content (AvgIpc) is 2.61. The highest BCUT2D eigenvalue weighted by Gasteiger charge is 2.21. The van der Waals surface area contributed by atoms with Crippen molar-refractivity contribution in [1.82, 2.24) is 9.62 Å². The van der Waals surface area contributed by atoms with E-state index in [9.17, 15) is 13.2 Å². The topological polar surface area (TPSA) is 75.7 Å². The fourth-order valence-corrected chi connectivity index (χ4v) is 3.87. The molecule has 8 heteroatoms. The van der Waals surface area contributed by atoms with Gasteiger partial charge in [0.25, 0.3) is 0 Å². The third-order valence-electron chi connectivity index (χ3n) is 3.93. The van der Waals surface area contributed by atoms with Crippen molar-refractivity contribution in [3.05, 3.63) is 64.7 Å². The van der Waals surface area contributed by atoms with Crippen molar-refractivity contribution in [2.24, 2.45) is 0 Å². The van der Waals surface area contributed by atoms with Crippen molar-refractivity contribution in [1.29, 1.82) is 0 Å². The second-order valence-corrected chi connectivity index (χ2v) is 8.05. The van der Waals surface area contributed by atoms with E-state index in [1.807, 2.05) is 49.3 Å². The number of methoxy groups -OCH3 is 1. The number of sulfonamides is 1. The monoisotopic (exact) mass is 396 g/mol. The van der Waals surface area contributed by atoms with Gasteiger partial charge in [0.1, 0.15) is 0 Å². The molecule has 1 N–H and O–H groups in total. The number of benzene rings is 2. The van der Waals surface area contributed by atoms with Crippen LogP contribution in [0.3, 0.4) is 0 Å². The lowest BCUT2D eigenvalue weighted by Crippen LogP contribution is -2.34. The summed E-state index contributed by atoms with van der Waals surface area (Å²) in [5, 5.41) is 0.0203. The highest BCUT2D eigenvalue weighted by atomic mass is 35.5. The number of rotatable bonds is 7. The Kier molecular flexibility index (Phi) is 6.77. The molecule has 0 aliphatic heterocycles. The van der Waals surface area contributed by atoms with Crippen LogP contribution in [0.4, 0.5) is 0 Å². The predicted octanol–water partition coefficient (Wildman–Crippen LogP) is 2.71. The number of hydrogen-bond donors (Lipinski definition) is 1. The molecule has 0 fully saturated rings. The van der Waals surface area contributed by atoms with Crippen molar-refractivity contribution in [3.8, 4) is 0 Å². The number of carbonyl (C=O) groups excluding carboxylic acids is 1. The molecule has 0 spiro atoms. The molecule has 0 unspecified atom stereocenters. The minimum atomic E-state index is -3.78. The molecule has 2 aromatic rings. The van der Waals surface area contributed by atoms with Gasteiger partial charge >= 0.3 is 5.97 Å². The number of halogens is 1. The highest BCUT2D eigenvalue weighted by Crippen LogP contribution is 2.22. The lowest BCUT2D eigenvalue weighted by Gasteiger charge is -2.25. The molecule has 0 heterocycles. The van der Waals surface area contributed by atoms with Crippen LogP contribution in [0.2, 0.25) is 5.02 Å². The van der Waals surface area contributed by atoms with Gasteiger partial charge in [0.2, 0.25) is 10.0 Å². The fraction of sp³-hybridized carbons (Fsp3) is 0.278. The Morgan fingerprint density at radius 2 is 1.85 bits per heavy atom. The molecule has 0 aliphatic carbocycles. The van der Waals surface area contributed by atoms with Gasteiger partial charge in [-0.15, -0.1) is 0 Å². The maximum Gasteiger partial charge on any atom is 0.339 e. The predicted molar refractivity (Wildman–Crippen MR) is 101 cm³/mol. The largest absolute Gasteiger partial charge is 0.465 e. The minimum absolute atomic E-state index is 0.0132. The SMILES string of the molecule is COC(=O)c1ccc(S(=O)(=O)NC[C@H](c2ccccc2)N(C)C)cc1Cl. The maximum atomic E-state index is 12.6. The number of carbonyl (C=O) groups is 1. The van der Waals surface area contributed by atoms with Gasteiger partial charge < -0.3 is 9.64 Å². The van der Waals surface area contributed by atoms with Crippen LogP contribution in [0.25, 0.3) is 0 Å². The molecule has 0 saturated heterocycles. The molecule has 0 amide bonds. The Balaban J connectivity index is 2.20. The van der Waals surface area contributed by atoms with Crippen LogP contribution in [0.1, 0.15) is 22.0 Å². The van der Waals surface area contributed by atoms with E-state index in [4.69, 9.17) is 11.6 Å². The number of nitrogens with zero attached hydrogens (tertiary/aromatic N) is 1. The van der Waals surface area contributed by atoms with Crippen LogP contribution in [0, 0.1) is 0 Å². The Morgan fingerprint density at radius 1 is 1.19 bits per heavy atom. The van der Waals surface area contributed by atoms with Crippen molar-refractivity contribution >= 4 is 27.6 Å². The average molecular weight is 397 g/mol. The Labute approximate surface area is 158 Å². The minimum Gasteiger partial charge on any atom is -0.465 e. The summed E-state index contributed by atoms with van der Waals surface area (Å²) in [5.74, 6) is -0.622. The van der Waals surface area contributed by atoms with Gasteiger partial charge in [-0.25, -0.2) is 17.9 Å². The Bertz CT molecular complexity index is 870. The molecule has 0 aromatic heterocycles. The zero-order valence-electron chi connectivity index (χ0n) is 14.8. The van der Waals surface area contributed by atoms with Crippen LogP contribution < -0.4 is 4.72 Å². The standard InChI is InChI=1S/C18H21ClN2O4S/c1-21(2)17(13-7-5-4-6-8-13)12-20-26(23,24)14-9-10-15(16(19)11-14)18(22)25-3/h4-11,17,20H,12H2,1-3H3/t17-/m1/s1. The molecule has 0 radical (unpaired) electrons. The molecule has 2 rings (SSSR count). The summed E-state index contributed by atoms with van der Waals surface area (Å²) < 4.78 is 32.4. The van der Waals surface area contributed by atoms with E-state index >= 15 is 0 Å². The smallest absolute Gasteiger partial charge is 0.339 e. The number of hydrogen-bond acceptors (Lipinski definition) is 5. The first-order valence-electron chi connectivity index (χ1n) is 7.85. The summed E-state index contributed by atoms with van der Waals surface area (Å²) in [5.41, 5.74) is 1.11. The van der Waals surface area contributed by atoms with E-state index in [2.05, 4.69) is 9.46 Å². The second-order valence-electron chi connectivity index (χ2n) is 5.88. The summed E-state index contributed by atoms with van der Waals surface area (Å²) >= 11 is 6.02. The first-order valence-corrected chi connectivity index (χ1v) is 9.71. The Hall–Kier alpha value is -1.93. The molecule has 0 saturated carbocycles. The quantitative estimate of drug-likeness (QED) is 0.728. The first-order chi connectivity index (χ1) is 12.3. The molecular formula is C18H21ClN2O4S. The molecule has 2 aromatic carbocycles. The zero-order chi connectivity index (χ0) is 19.3. The van der Waals surface area contributed by atoms with Crippen molar-refractivity contribution in [2.75, 3.05) is 27.7 Å². The van der Waals surface area contributed by atoms with E-state index in [1.54, 1.807) is 0 Å². The highest BCUT2D eigenvalue weighted by molar-refractivity contribution is 7.89. The molecule has 1 atom stereocenters. The van der Waals surface area contributed by atoms with E-state index in [0.29, 0.717) is 0 Å². The Morgan fingerprint density at radius 3 is 2.38 bits per heavy atom. The molecular weight excluding hydrogens is 376 g/mol. The van der Waals surface area contributed by atoms with Crippen LogP contribution in [-0.2, 0) is 14.8 Å². The fourth-order valence-electron chi connectivity index (χ4n) is 2.48. The number of likely N-dealkylation sites (N-methyl/N-ethyl adjacent to an activating group) is 1. The zero-order valence-corrected chi connectivity index (χ0v) is 16.3. The third kappa shape index (κ3) is 4.82. The van der Waals surface area contributed by atoms with Crippen LogP contribution in [-0.4, -0.2) is 47.0 Å². The van der Waals surface area contributed by atoms with Gasteiger partial charge in [-0.2, -0.15) is 0 Å². The third-order valence-corrected chi connectivity index (χ3v) is 5.66. The molecule has 140 valence electrons. The van der Waals surface area contributed by atoms with Crippen LogP contribution >= 0.6 is 11.6 Å². The van der Waals surface area contributed by atoms with E-state index in [-0.39, 0.29) is 28.1 Å². The molecule has 6 nitrogen and oxygen atoms in total. The van der Waals surface area contributed by atoms with E-state index in [1.165, 1.54) is 25.3 Å². The molecule has 0 bridgehead atoms. The number of ether oxygens (including phenoxy) is 1. The van der Waals surface area contributed by atoms with Gasteiger partial charge in [-0.1, -0.05) is 41.9 Å². The maximum absolute atomic E-state index is 12.6. The lowest BCUT2D eigenvalue weighted by molar-refractivity contribution is 0.0601. The normalized spacial score (nSPS) is 12.8.